The molecule has 1 atom stereocenters. The third kappa shape index (κ3) is 2.96. The van der Waals surface area contributed by atoms with Gasteiger partial charge in [0.2, 0.25) is 0 Å². The average Bonchev–Trinajstić information content (AvgIpc) is 2.97. The molecule has 3 heterocycles. The molecule has 1 unspecified atom stereocenters. The van der Waals surface area contributed by atoms with E-state index >= 15 is 0 Å². The first-order valence-corrected chi connectivity index (χ1v) is 8.20. The number of hydrogen-bond donors (Lipinski definition) is 0. The Labute approximate surface area is 135 Å². The highest BCUT2D eigenvalue weighted by molar-refractivity contribution is 6.00. The lowest BCUT2D eigenvalue weighted by Gasteiger charge is -2.12. The van der Waals surface area contributed by atoms with Crippen molar-refractivity contribution in [3.63, 3.8) is 0 Å². The summed E-state index contributed by atoms with van der Waals surface area (Å²) in [6.07, 6.45) is 6.07. The van der Waals surface area contributed by atoms with Crippen LogP contribution in [0.15, 0.2) is 24.7 Å². The molecule has 0 aromatic carbocycles. The Bertz CT molecular complexity index is 853. The number of pyridine rings is 2. The van der Waals surface area contributed by atoms with Crippen LogP contribution in [-0.2, 0) is 11.3 Å². The molecular weight excluding hydrogens is 288 g/mol. The first-order valence-electron chi connectivity index (χ1n) is 8.20. The maximum atomic E-state index is 11.2. The number of carbonyl (C=O) groups excluding carboxylic acids is 1. The first kappa shape index (κ1) is 15.6. The van der Waals surface area contributed by atoms with Crippen LogP contribution in [0, 0.1) is 0 Å². The summed E-state index contributed by atoms with van der Waals surface area (Å²) in [5.41, 5.74) is 4.80. The zero-order chi connectivity index (χ0) is 16.4. The number of aromatic nitrogens is 4. The van der Waals surface area contributed by atoms with Crippen LogP contribution >= 0.6 is 0 Å². The number of Topliss-reactive ketones (excluding diaryl/α,β-unsaturated/α-hetero) is 1. The molecule has 23 heavy (non-hydrogen) atoms. The lowest BCUT2D eigenvalue weighted by Crippen LogP contribution is -2.03. The van der Waals surface area contributed by atoms with Gasteiger partial charge >= 0.3 is 0 Å². The fraction of sp³-hybridized carbons (Fsp3) is 0.444. The van der Waals surface area contributed by atoms with Crippen molar-refractivity contribution in [1.29, 1.82) is 0 Å². The molecule has 3 aromatic rings. The molecule has 3 rings (SSSR count). The van der Waals surface area contributed by atoms with Gasteiger partial charge in [0, 0.05) is 25.1 Å². The van der Waals surface area contributed by atoms with Crippen LogP contribution in [0.3, 0.4) is 0 Å². The van der Waals surface area contributed by atoms with Crippen molar-refractivity contribution in [2.75, 3.05) is 0 Å². The number of rotatable bonds is 6. The predicted molar refractivity (Wildman–Crippen MR) is 91.5 cm³/mol. The van der Waals surface area contributed by atoms with Crippen LogP contribution in [-0.4, -0.2) is 25.3 Å². The highest BCUT2D eigenvalue weighted by atomic mass is 16.1. The number of fused-ring (bicyclic) bond motifs is 3. The lowest BCUT2D eigenvalue weighted by atomic mass is 10.0. The van der Waals surface area contributed by atoms with Crippen molar-refractivity contribution < 1.29 is 4.79 Å². The fourth-order valence-electron chi connectivity index (χ4n) is 2.87. The Morgan fingerprint density at radius 1 is 1.30 bits per heavy atom. The van der Waals surface area contributed by atoms with Crippen LogP contribution in [0.2, 0.25) is 0 Å². The second-order valence-corrected chi connectivity index (χ2v) is 6.12. The normalized spacial score (nSPS) is 12.8. The molecular formula is C18H22N4O. The summed E-state index contributed by atoms with van der Waals surface area (Å²) in [5, 5.41) is 0. The van der Waals surface area contributed by atoms with Crippen molar-refractivity contribution in [3.05, 3.63) is 30.4 Å². The van der Waals surface area contributed by atoms with Gasteiger partial charge in [-0.3, -0.25) is 4.98 Å². The molecule has 0 aliphatic heterocycles. The zero-order valence-corrected chi connectivity index (χ0v) is 13.9. The van der Waals surface area contributed by atoms with E-state index < -0.39 is 0 Å². The molecule has 0 spiro atoms. The highest BCUT2D eigenvalue weighted by Gasteiger charge is 2.17. The number of hydrogen-bond acceptors (Lipinski definition) is 4. The summed E-state index contributed by atoms with van der Waals surface area (Å²) in [7, 11) is 0. The van der Waals surface area contributed by atoms with E-state index in [1.165, 1.54) is 0 Å². The minimum atomic E-state index is 0.222. The van der Waals surface area contributed by atoms with Gasteiger partial charge in [0.1, 0.15) is 16.8 Å². The molecule has 0 saturated heterocycles. The van der Waals surface area contributed by atoms with E-state index in [9.17, 15) is 4.79 Å². The maximum absolute atomic E-state index is 11.2. The number of aryl methyl sites for hydroxylation is 1. The van der Waals surface area contributed by atoms with Crippen LogP contribution in [0.1, 0.15) is 51.6 Å². The summed E-state index contributed by atoms with van der Waals surface area (Å²) < 4.78 is 2.11. The first-order chi connectivity index (χ1) is 11.1. The summed E-state index contributed by atoms with van der Waals surface area (Å²) in [6, 6.07) is 3.92. The average molecular weight is 310 g/mol. The van der Waals surface area contributed by atoms with Crippen LogP contribution in [0.4, 0.5) is 0 Å². The minimum absolute atomic E-state index is 0.222. The summed E-state index contributed by atoms with van der Waals surface area (Å²) in [4.78, 5) is 25.1. The SMILES string of the molecule is CCC(C)c1nc2cccnc2c2c1ncn2CCCC(C)=O. The fourth-order valence-corrected chi connectivity index (χ4v) is 2.87. The van der Waals surface area contributed by atoms with E-state index in [2.05, 4.69) is 28.4 Å². The largest absolute Gasteiger partial charge is 0.329 e. The van der Waals surface area contributed by atoms with E-state index in [0.29, 0.717) is 12.3 Å². The number of carbonyl (C=O) groups is 1. The molecule has 5 nitrogen and oxygen atoms in total. The summed E-state index contributed by atoms with van der Waals surface area (Å²) in [6.45, 7) is 6.74. The van der Waals surface area contributed by atoms with E-state index in [4.69, 9.17) is 4.98 Å². The number of imidazole rings is 1. The number of nitrogens with zero attached hydrogens (tertiary/aromatic N) is 4. The molecule has 0 saturated carbocycles. The second-order valence-electron chi connectivity index (χ2n) is 6.12. The topological polar surface area (TPSA) is 60.7 Å². The van der Waals surface area contributed by atoms with Crippen LogP contribution in [0.5, 0.6) is 0 Å². The molecule has 0 bridgehead atoms. The lowest BCUT2D eigenvalue weighted by molar-refractivity contribution is -0.117. The Morgan fingerprint density at radius 3 is 2.87 bits per heavy atom. The Balaban J connectivity index is 2.15. The predicted octanol–water partition coefficient (Wildman–Crippen LogP) is 3.86. The standard InChI is InChI=1S/C18H22N4O/c1-4-12(2)15-17-18(16-14(21-15)8-5-9-19-16)22(11-20-17)10-6-7-13(3)23/h5,8-9,11-12H,4,6-7,10H2,1-3H3. The molecule has 5 heteroatoms. The zero-order valence-electron chi connectivity index (χ0n) is 13.9. The van der Waals surface area contributed by atoms with E-state index in [0.717, 1.165) is 47.1 Å². The highest BCUT2D eigenvalue weighted by Crippen LogP contribution is 2.29. The molecule has 0 N–H and O–H groups in total. The smallest absolute Gasteiger partial charge is 0.129 e. The van der Waals surface area contributed by atoms with Gasteiger partial charge in [-0.2, -0.15) is 0 Å². The van der Waals surface area contributed by atoms with Crippen molar-refractivity contribution >= 4 is 27.9 Å². The molecule has 0 radical (unpaired) electrons. The Morgan fingerprint density at radius 2 is 2.13 bits per heavy atom. The molecule has 0 aliphatic carbocycles. The van der Waals surface area contributed by atoms with Gasteiger partial charge in [0.25, 0.3) is 0 Å². The van der Waals surface area contributed by atoms with Gasteiger partial charge in [-0.05, 0) is 31.9 Å². The quantitative estimate of drug-likeness (QED) is 0.693. The van der Waals surface area contributed by atoms with Crippen molar-refractivity contribution in [3.8, 4) is 0 Å². The summed E-state index contributed by atoms with van der Waals surface area (Å²) >= 11 is 0. The van der Waals surface area contributed by atoms with Gasteiger partial charge < -0.3 is 9.36 Å². The third-order valence-corrected chi connectivity index (χ3v) is 4.34. The minimum Gasteiger partial charge on any atom is -0.329 e. The van der Waals surface area contributed by atoms with E-state index in [1.54, 1.807) is 13.1 Å². The Hall–Kier alpha value is -2.30. The van der Waals surface area contributed by atoms with Gasteiger partial charge in [-0.1, -0.05) is 13.8 Å². The molecule has 0 amide bonds. The third-order valence-electron chi connectivity index (χ3n) is 4.34. The van der Waals surface area contributed by atoms with Crippen LogP contribution < -0.4 is 0 Å². The van der Waals surface area contributed by atoms with Gasteiger partial charge in [0.05, 0.1) is 23.1 Å². The van der Waals surface area contributed by atoms with Gasteiger partial charge in [0.15, 0.2) is 0 Å². The van der Waals surface area contributed by atoms with Crippen molar-refractivity contribution in [1.82, 2.24) is 19.5 Å². The summed E-state index contributed by atoms with van der Waals surface area (Å²) in [5.74, 6) is 0.571. The molecule has 120 valence electrons. The van der Waals surface area contributed by atoms with E-state index in [1.807, 2.05) is 18.5 Å². The molecule has 3 aromatic heterocycles. The van der Waals surface area contributed by atoms with E-state index in [-0.39, 0.29) is 5.78 Å². The van der Waals surface area contributed by atoms with Gasteiger partial charge in [-0.25, -0.2) is 9.97 Å². The van der Waals surface area contributed by atoms with Crippen LogP contribution in [0.25, 0.3) is 22.1 Å². The second kappa shape index (κ2) is 6.44. The number of ketones is 1. The maximum Gasteiger partial charge on any atom is 0.129 e. The molecule has 0 fully saturated rings. The van der Waals surface area contributed by atoms with Gasteiger partial charge in [-0.15, -0.1) is 0 Å². The Kier molecular flexibility index (Phi) is 4.37. The van der Waals surface area contributed by atoms with Crippen molar-refractivity contribution in [2.45, 2.75) is 52.5 Å². The van der Waals surface area contributed by atoms with Crippen molar-refractivity contribution in [2.24, 2.45) is 0 Å². The monoisotopic (exact) mass is 310 g/mol. The molecule has 0 aliphatic rings.